The highest BCUT2D eigenvalue weighted by Crippen LogP contribution is 2.39. The molecule has 1 aliphatic rings. The zero-order valence-corrected chi connectivity index (χ0v) is 16.9. The molecule has 1 aliphatic heterocycles. The molecule has 0 saturated carbocycles. The number of aromatic nitrogens is 4. The zero-order chi connectivity index (χ0) is 21.0. The van der Waals surface area contributed by atoms with Crippen LogP contribution in [0.2, 0.25) is 0 Å². The van der Waals surface area contributed by atoms with Crippen LogP contribution < -0.4 is 0 Å². The number of piperidine rings is 1. The Hall–Kier alpha value is -3.42. The number of carbonyl (C=O) groups excluding carboxylic acids is 1. The van der Waals surface area contributed by atoms with Gasteiger partial charge in [0.1, 0.15) is 5.75 Å². The monoisotopic (exact) mass is 407 g/mol. The molecule has 2 heterocycles. The SMILES string of the molecule is CCOC(=O)N1CCC(c2ccccc2)(c2nnn(Cc3ccc(O)cc3)n2)CC1. The van der Waals surface area contributed by atoms with Gasteiger partial charge in [-0.1, -0.05) is 42.5 Å². The third-order valence-corrected chi connectivity index (χ3v) is 5.61. The van der Waals surface area contributed by atoms with Gasteiger partial charge in [0.25, 0.3) is 0 Å². The van der Waals surface area contributed by atoms with Gasteiger partial charge in [-0.2, -0.15) is 4.80 Å². The molecular weight excluding hydrogens is 382 g/mol. The standard InChI is InChI=1S/C22H25N5O3/c1-2-30-21(29)26-14-12-22(13-15-26,18-6-4-3-5-7-18)20-23-25-27(24-20)16-17-8-10-19(28)11-9-17/h3-11,28H,2,12-16H2,1H3. The second-order valence-electron chi connectivity index (χ2n) is 7.44. The van der Waals surface area contributed by atoms with Gasteiger partial charge in [-0.25, -0.2) is 4.79 Å². The van der Waals surface area contributed by atoms with Crippen LogP contribution in [0.15, 0.2) is 54.6 Å². The number of aromatic hydroxyl groups is 1. The van der Waals surface area contributed by atoms with Crippen LogP contribution in [-0.2, 0) is 16.7 Å². The summed E-state index contributed by atoms with van der Waals surface area (Å²) >= 11 is 0. The molecule has 8 heteroatoms. The third kappa shape index (κ3) is 3.98. The van der Waals surface area contributed by atoms with E-state index in [1.807, 2.05) is 37.3 Å². The summed E-state index contributed by atoms with van der Waals surface area (Å²) in [6.45, 7) is 3.78. The average Bonchev–Trinajstić information content (AvgIpc) is 3.25. The number of phenols is 1. The summed E-state index contributed by atoms with van der Waals surface area (Å²) in [4.78, 5) is 15.5. The van der Waals surface area contributed by atoms with Crippen LogP contribution in [0.1, 0.15) is 36.7 Å². The molecule has 1 fully saturated rings. The molecule has 3 aromatic rings. The maximum Gasteiger partial charge on any atom is 0.409 e. The molecule has 0 spiro atoms. The van der Waals surface area contributed by atoms with Crippen LogP contribution in [0.25, 0.3) is 0 Å². The minimum absolute atomic E-state index is 0.224. The number of phenolic OH excluding ortho intramolecular Hbond substituents is 1. The molecule has 0 atom stereocenters. The molecule has 0 radical (unpaired) electrons. The smallest absolute Gasteiger partial charge is 0.409 e. The highest BCUT2D eigenvalue weighted by Gasteiger charge is 2.42. The molecule has 2 aromatic carbocycles. The van der Waals surface area contributed by atoms with E-state index < -0.39 is 5.41 Å². The molecule has 1 aromatic heterocycles. The predicted molar refractivity (Wildman–Crippen MR) is 110 cm³/mol. The Labute approximate surface area is 175 Å². The normalized spacial score (nSPS) is 15.7. The van der Waals surface area contributed by atoms with Gasteiger partial charge in [-0.15, -0.1) is 10.2 Å². The fraction of sp³-hybridized carbons (Fsp3) is 0.364. The Morgan fingerprint density at radius 3 is 2.47 bits per heavy atom. The van der Waals surface area contributed by atoms with Crippen LogP contribution in [-0.4, -0.2) is 56.0 Å². The number of benzene rings is 2. The van der Waals surface area contributed by atoms with E-state index in [0.717, 1.165) is 11.1 Å². The number of amides is 1. The number of tetrazole rings is 1. The van der Waals surface area contributed by atoms with Crippen molar-refractivity contribution in [2.75, 3.05) is 19.7 Å². The van der Waals surface area contributed by atoms with Crippen molar-refractivity contribution < 1.29 is 14.6 Å². The van der Waals surface area contributed by atoms with Crippen LogP contribution in [0.3, 0.4) is 0 Å². The average molecular weight is 407 g/mol. The van der Waals surface area contributed by atoms with Crippen LogP contribution in [0, 0.1) is 0 Å². The van der Waals surface area contributed by atoms with E-state index in [2.05, 4.69) is 22.4 Å². The molecule has 0 unspecified atom stereocenters. The highest BCUT2D eigenvalue weighted by atomic mass is 16.6. The van der Waals surface area contributed by atoms with Gasteiger partial charge in [0.15, 0.2) is 5.82 Å². The summed E-state index contributed by atoms with van der Waals surface area (Å²) < 4.78 is 5.16. The maximum absolute atomic E-state index is 12.2. The first-order valence-corrected chi connectivity index (χ1v) is 10.1. The van der Waals surface area contributed by atoms with Gasteiger partial charge in [-0.05, 0) is 48.2 Å². The Kier molecular flexibility index (Phi) is 5.65. The fourth-order valence-electron chi connectivity index (χ4n) is 3.95. The zero-order valence-electron chi connectivity index (χ0n) is 16.9. The first-order chi connectivity index (χ1) is 14.6. The summed E-state index contributed by atoms with van der Waals surface area (Å²) in [5.41, 5.74) is 1.69. The van der Waals surface area contributed by atoms with Crippen molar-refractivity contribution >= 4 is 6.09 Å². The van der Waals surface area contributed by atoms with Crippen molar-refractivity contribution in [3.05, 3.63) is 71.5 Å². The Balaban J connectivity index is 1.59. The van der Waals surface area contributed by atoms with Gasteiger partial charge in [0.2, 0.25) is 0 Å². The van der Waals surface area contributed by atoms with Crippen molar-refractivity contribution in [3.8, 4) is 5.75 Å². The number of rotatable bonds is 5. The van der Waals surface area contributed by atoms with E-state index in [0.29, 0.717) is 44.9 Å². The number of hydrogen-bond acceptors (Lipinski definition) is 6. The van der Waals surface area contributed by atoms with Crippen molar-refractivity contribution in [1.29, 1.82) is 0 Å². The maximum atomic E-state index is 12.2. The van der Waals surface area contributed by atoms with Gasteiger partial charge in [0, 0.05) is 13.1 Å². The number of likely N-dealkylation sites (tertiary alicyclic amines) is 1. The van der Waals surface area contributed by atoms with Crippen LogP contribution in [0.5, 0.6) is 5.75 Å². The molecule has 30 heavy (non-hydrogen) atoms. The van der Waals surface area contributed by atoms with Crippen molar-refractivity contribution in [3.63, 3.8) is 0 Å². The molecular formula is C22H25N5O3. The number of ether oxygens (including phenoxy) is 1. The molecule has 0 bridgehead atoms. The summed E-state index contributed by atoms with van der Waals surface area (Å²) in [6, 6.07) is 17.1. The Bertz CT molecular complexity index is 980. The lowest BCUT2D eigenvalue weighted by Gasteiger charge is -2.39. The lowest BCUT2D eigenvalue weighted by Crippen LogP contribution is -2.46. The highest BCUT2D eigenvalue weighted by molar-refractivity contribution is 5.67. The summed E-state index contributed by atoms with van der Waals surface area (Å²) in [5.74, 6) is 0.887. The molecule has 156 valence electrons. The Morgan fingerprint density at radius 2 is 1.80 bits per heavy atom. The van der Waals surface area contributed by atoms with Gasteiger partial charge in [-0.3, -0.25) is 0 Å². The molecule has 0 aliphatic carbocycles. The van der Waals surface area contributed by atoms with E-state index in [1.165, 1.54) is 0 Å². The topological polar surface area (TPSA) is 93.4 Å². The van der Waals surface area contributed by atoms with Gasteiger partial charge >= 0.3 is 6.09 Å². The van der Waals surface area contributed by atoms with Crippen molar-refractivity contribution in [2.45, 2.75) is 31.7 Å². The lowest BCUT2D eigenvalue weighted by atomic mass is 9.72. The van der Waals surface area contributed by atoms with Crippen LogP contribution in [0.4, 0.5) is 4.79 Å². The first kappa shape index (κ1) is 19.9. The molecule has 1 amide bonds. The number of carbonyl (C=O) groups is 1. The number of nitrogens with zero attached hydrogens (tertiary/aromatic N) is 5. The molecule has 1 N–H and O–H groups in total. The second kappa shape index (κ2) is 8.52. The molecule has 1 saturated heterocycles. The second-order valence-corrected chi connectivity index (χ2v) is 7.44. The van der Waals surface area contributed by atoms with E-state index in [-0.39, 0.29) is 11.8 Å². The third-order valence-electron chi connectivity index (χ3n) is 5.61. The minimum Gasteiger partial charge on any atom is -0.508 e. The minimum atomic E-state index is -0.405. The molecule has 8 nitrogen and oxygen atoms in total. The quantitative estimate of drug-likeness (QED) is 0.699. The summed E-state index contributed by atoms with van der Waals surface area (Å²) in [7, 11) is 0. The molecule has 4 rings (SSSR count). The van der Waals surface area contributed by atoms with Crippen LogP contribution >= 0.6 is 0 Å². The predicted octanol–water partition coefficient (Wildman–Crippen LogP) is 2.97. The summed E-state index contributed by atoms with van der Waals surface area (Å²) in [5, 5.41) is 22.8. The van der Waals surface area contributed by atoms with Crippen molar-refractivity contribution in [2.24, 2.45) is 0 Å². The first-order valence-electron chi connectivity index (χ1n) is 10.1. The van der Waals surface area contributed by atoms with Gasteiger partial charge < -0.3 is 14.7 Å². The lowest BCUT2D eigenvalue weighted by molar-refractivity contribution is 0.0897. The summed E-state index contributed by atoms with van der Waals surface area (Å²) in [6.07, 6.45) is 1.12. The van der Waals surface area contributed by atoms with E-state index in [1.54, 1.807) is 21.8 Å². The van der Waals surface area contributed by atoms with Gasteiger partial charge in [0.05, 0.1) is 18.6 Å². The number of hydrogen-bond donors (Lipinski definition) is 1. The van der Waals surface area contributed by atoms with E-state index >= 15 is 0 Å². The van der Waals surface area contributed by atoms with Crippen molar-refractivity contribution in [1.82, 2.24) is 25.1 Å². The van der Waals surface area contributed by atoms with E-state index in [9.17, 15) is 9.90 Å². The van der Waals surface area contributed by atoms with E-state index in [4.69, 9.17) is 9.84 Å². The Morgan fingerprint density at radius 1 is 1.10 bits per heavy atom. The largest absolute Gasteiger partial charge is 0.508 e. The fourth-order valence-corrected chi connectivity index (χ4v) is 3.95.